The lowest BCUT2D eigenvalue weighted by molar-refractivity contribution is -0.0139. The second-order valence-electron chi connectivity index (χ2n) is 3.02. The first-order valence-corrected chi connectivity index (χ1v) is 5.06. The molecule has 0 aliphatic heterocycles. The summed E-state index contributed by atoms with van der Waals surface area (Å²) >= 11 is 0. The molecule has 0 radical (unpaired) electrons. The van der Waals surface area contributed by atoms with E-state index in [1.165, 1.54) is 7.11 Å². The number of hydrogen-bond donors (Lipinski definition) is 0. The lowest BCUT2D eigenvalue weighted by Crippen LogP contribution is -2.22. The summed E-state index contributed by atoms with van der Waals surface area (Å²) in [5.74, 6) is 0. The number of ether oxygens (including phenoxy) is 3. The van der Waals surface area contributed by atoms with E-state index >= 15 is 0 Å². The zero-order chi connectivity index (χ0) is 10.8. The number of carbonyl (C=O) groups is 1. The molecule has 0 amide bonds. The Morgan fingerprint density at radius 3 is 2.57 bits per heavy atom. The van der Waals surface area contributed by atoms with Gasteiger partial charge in [-0.05, 0) is 12.8 Å². The average molecular weight is 204 g/mol. The standard InChI is InChI=1S/C10H20O4/c1-4-6-7-13-9(5-2)8-14-10(11)12-3/h9H,4-8H2,1-3H3. The molecular weight excluding hydrogens is 184 g/mol. The minimum absolute atomic E-state index is 0.0133. The van der Waals surface area contributed by atoms with Crippen molar-refractivity contribution < 1.29 is 19.0 Å². The van der Waals surface area contributed by atoms with E-state index in [0.717, 1.165) is 25.9 Å². The van der Waals surface area contributed by atoms with Crippen LogP contribution in [-0.2, 0) is 14.2 Å². The van der Waals surface area contributed by atoms with Gasteiger partial charge in [-0.25, -0.2) is 4.79 Å². The highest BCUT2D eigenvalue weighted by Crippen LogP contribution is 2.01. The molecule has 0 saturated heterocycles. The highest BCUT2D eigenvalue weighted by atomic mass is 16.7. The third-order valence-corrected chi connectivity index (χ3v) is 1.86. The molecule has 0 aromatic heterocycles. The van der Waals surface area contributed by atoms with Gasteiger partial charge in [0.15, 0.2) is 0 Å². The van der Waals surface area contributed by atoms with Crippen LogP contribution in [0.15, 0.2) is 0 Å². The summed E-state index contributed by atoms with van der Waals surface area (Å²) in [6.45, 7) is 5.10. The van der Waals surface area contributed by atoms with Crippen LogP contribution in [0.4, 0.5) is 4.79 Å². The first kappa shape index (κ1) is 13.2. The molecule has 1 atom stereocenters. The monoisotopic (exact) mass is 204 g/mol. The summed E-state index contributed by atoms with van der Waals surface area (Å²) in [5, 5.41) is 0. The third kappa shape index (κ3) is 6.71. The van der Waals surface area contributed by atoms with E-state index in [9.17, 15) is 4.79 Å². The molecule has 0 rings (SSSR count). The Morgan fingerprint density at radius 2 is 2.07 bits per heavy atom. The van der Waals surface area contributed by atoms with Crippen LogP contribution >= 0.6 is 0 Å². The van der Waals surface area contributed by atoms with Gasteiger partial charge in [-0.15, -0.1) is 0 Å². The molecule has 4 heteroatoms. The highest BCUT2D eigenvalue weighted by molar-refractivity contribution is 5.59. The van der Waals surface area contributed by atoms with Crippen LogP contribution in [0.3, 0.4) is 0 Å². The number of rotatable bonds is 7. The maximum Gasteiger partial charge on any atom is 0.508 e. The molecule has 0 aliphatic carbocycles. The third-order valence-electron chi connectivity index (χ3n) is 1.86. The Kier molecular flexibility index (Phi) is 8.33. The smallest absolute Gasteiger partial charge is 0.438 e. The molecule has 0 N–H and O–H groups in total. The van der Waals surface area contributed by atoms with Gasteiger partial charge in [0, 0.05) is 6.61 Å². The van der Waals surface area contributed by atoms with E-state index in [1.807, 2.05) is 6.92 Å². The molecule has 4 nitrogen and oxygen atoms in total. The molecule has 84 valence electrons. The van der Waals surface area contributed by atoms with Gasteiger partial charge in [-0.2, -0.15) is 0 Å². The topological polar surface area (TPSA) is 44.8 Å². The Labute approximate surface area is 85.5 Å². The lowest BCUT2D eigenvalue weighted by Gasteiger charge is -2.15. The largest absolute Gasteiger partial charge is 0.508 e. The van der Waals surface area contributed by atoms with Gasteiger partial charge in [0.2, 0.25) is 0 Å². The zero-order valence-electron chi connectivity index (χ0n) is 9.25. The second-order valence-corrected chi connectivity index (χ2v) is 3.02. The van der Waals surface area contributed by atoms with Crippen molar-refractivity contribution >= 4 is 6.16 Å². The summed E-state index contributed by atoms with van der Waals surface area (Å²) in [6.07, 6.45) is 2.31. The SMILES string of the molecule is CCCCOC(CC)COC(=O)OC. The van der Waals surface area contributed by atoms with E-state index in [0.29, 0.717) is 0 Å². The molecule has 0 bridgehead atoms. The van der Waals surface area contributed by atoms with E-state index < -0.39 is 6.16 Å². The quantitative estimate of drug-likeness (QED) is 0.471. The number of hydrogen-bond acceptors (Lipinski definition) is 4. The van der Waals surface area contributed by atoms with Crippen LogP contribution in [0.2, 0.25) is 0 Å². The summed E-state index contributed by atoms with van der Waals surface area (Å²) in [7, 11) is 1.29. The summed E-state index contributed by atoms with van der Waals surface area (Å²) in [6, 6.07) is 0. The second kappa shape index (κ2) is 8.81. The fraction of sp³-hybridized carbons (Fsp3) is 0.900. The van der Waals surface area contributed by atoms with Crippen molar-refractivity contribution in [3.8, 4) is 0 Å². The lowest BCUT2D eigenvalue weighted by atomic mass is 10.3. The van der Waals surface area contributed by atoms with E-state index in [2.05, 4.69) is 11.7 Å². The summed E-state index contributed by atoms with van der Waals surface area (Å²) < 4.78 is 14.6. The molecular formula is C10H20O4. The number of carbonyl (C=O) groups excluding carboxylic acids is 1. The Morgan fingerprint density at radius 1 is 1.36 bits per heavy atom. The molecule has 14 heavy (non-hydrogen) atoms. The maximum absolute atomic E-state index is 10.7. The maximum atomic E-state index is 10.7. The number of methoxy groups -OCH3 is 1. The average Bonchev–Trinajstić information content (AvgIpc) is 2.22. The van der Waals surface area contributed by atoms with Gasteiger partial charge < -0.3 is 14.2 Å². The minimum atomic E-state index is -0.650. The zero-order valence-corrected chi connectivity index (χ0v) is 9.25. The molecule has 1 unspecified atom stereocenters. The van der Waals surface area contributed by atoms with Crippen molar-refractivity contribution in [3.63, 3.8) is 0 Å². The van der Waals surface area contributed by atoms with Crippen LogP contribution in [0.25, 0.3) is 0 Å². The van der Waals surface area contributed by atoms with Crippen molar-refractivity contribution in [2.45, 2.75) is 39.2 Å². The predicted molar refractivity (Wildman–Crippen MR) is 53.3 cm³/mol. The molecule has 0 aliphatic rings. The van der Waals surface area contributed by atoms with Crippen molar-refractivity contribution in [3.05, 3.63) is 0 Å². The van der Waals surface area contributed by atoms with E-state index in [4.69, 9.17) is 9.47 Å². The molecule has 0 spiro atoms. The summed E-state index contributed by atoms with van der Waals surface area (Å²) in [5.41, 5.74) is 0. The molecule has 0 fully saturated rings. The van der Waals surface area contributed by atoms with Crippen molar-refractivity contribution in [1.29, 1.82) is 0 Å². The van der Waals surface area contributed by atoms with Crippen LogP contribution in [0.5, 0.6) is 0 Å². The van der Waals surface area contributed by atoms with E-state index in [1.54, 1.807) is 0 Å². The van der Waals surface area contributed by atoms with Gasteiger partial charge in [0.05, 0.1) is 13.2 Å². The normalized spacial score (nSPS) is 12.2. The fourth-order valence-electron chi connectivity index (χ4n) is 0.898. The van der Waals surface area contributed by atoms with Gasteiger partial charge >= 0.3 is 6.16 Å². The fourth-order valence-corrected chi connectivity index (χ4v) is 0.898. The van der Waals surface area contributed by atoms with Gasteiger partial charge in [-0.3, -0.25) is 0 Å². The molecule has 0 aromatic carbocycles. The Hall–Kier alpha value is -0.770. The summed E-state index contributed by atoms with van der Waals surface area (Å²) in [4.78, 5) is 10.7. The molecule has 0 aromatic rings. The van der Waals surface area contributed by atoms with Crippen molar-refractivity contribution in [2.24, 2.45) is 0 Å². The van der Waals surface area contributed by atoms with Crippen LogP contribution < -0.4 is 0 Å². The molecule has 0 saturated carbocycles. The van der Waals surface area contributed by atoms with Gasteiger partial charge in [-0.1, -0.05) is 20.3 Å². The van der Waals surface area contributed by atoms with Crippen LogP contribution in [0, 0.1) is 0 Å². The predicted octanol–water partition coefficient (Wildman–Crippen LogP) is 2.36. The Bertz CT molecular complexity index is 147. The van der Waals surface area contributed by atoms with Crippen molar-refractivity contribution in [2.75, 3.05) is 20.3 Å². The first-order chi connectivity index (χ1) is 6.74. The van der Waals surface area contributed by atoms with Gasteiger partial charge in [0.1, 0.15) is 6.61 Å². The van der Waals surface area contributed by atoms with Gasteiger partial charge in [0.25, 0.3) is 0 Å². The first-order valence-electron chi connectivity index (χ1n) is 5.06. The number of unbranched alkanes of at least 4 members (excludes halogenated alkanes) is 1. The van der Waals surface area contributed by atoms with Crippen LogP contribution in [0.1, 0.15) is 33.1 Å². The van der Waals surface area contributed by atoms with E-state index in [-0.39, 0.29) is 12.7 Å². The molecule has 0 heterocycles. The highest BCUT2D eigenvalue weighted by Gasteiger charge is 2.09. The Balaban J connectivity index is 3.52. The van der Waals surface area contributed by atoms with Crippen LogP contribution in [-0.4, -0.2) is 32.6 Å². The van der Waals surface area contributed by atoms with Crippen molar-refractivity contribution in [1.82, 2.24) is 0 Å². The minimum Gasteiger partial charge on any atom is -0.438 e.